The van der Waals surface area contributed by atoms with Crippen LogP contribution in [0.4, 0.5) is 0 Å². The summed E-state index contributed by atoms with van der Waals surface area (Å²) in [4.78, 5) is 4.42. The standard InChI is InChI=1S/C13H14ClNS/c1-9-4-3-5-11(6-9)7-12(14)13-8-16-10(2)15-13/h3-6,8,12H,7H2,1-2H3. The van der Waals surface area contributed by atoms with Gasteiger partial charge in [-0.25, -0.2) is 4.98 Å². The molecule has 1 heterocycles. The highest BCUT2D eigenvalue weighted by atomic mass is 35.5. The molecule has 16 heavy (non-hydrogen) atoms. The highest BCUT2D eigenvalue weighted by Gasteiger charge is 2.11. The van der Waals surface area contributed by atoms with E-state index in [0.717, 1.165) is 17.1 Å². The van der Waals surface area contributed by atoms with Gasteiger partial charge in [0.05, 0.1) is 16.1 Å². The highest BCUT2D eigenvalue weighted by Crippen LogP contribution is 2.26. The molecule has 1 atom stereocenters. The van der Waals surface area contributed by atoms with Gasteiger partial charge in [0.15, 0.2) is 0 Å². The van der Waals surface area contributed by atoms with Crippen LogP contribution in [-0.4, -0.2) is 4.98 Å². The van der Waals surface area contributed by atoms with E-state index in [0.29, 0.717) is 0 Å². The van der Waals surface area contributed by atoms with E-state index >= 15 is 0 Å². The molecule has 0 amide bonds. The van der Waals surface area contributed by atoms with Gasteiger partial charge in [0.2, 0.25) is 0 Å². The van der Waals surface area contributed by atoms with Crippen LogP contribution in [0.15, 0.2) is 29.6 Å². The van der Waals surface area contributed by atoms with Crippen LogP contribution < -0.4 is 0 Å². The van der Waals surface area contributed by atoms with Gasteiger partial charge in [-0.05, 0) is 25.8 Å². The zero-order valence-electron chi connectivity index (χ0n) is 9.40. The van der Waals surface area contributed by atoms with Crippen LogP contribution in [0.25, 0.3) is 0 Å². The summed E-state index contributed by atoms with van der Waals surface area (Å²) in [5.74, 6) is 0. The number of hydrogen-bond acceptors (Lipinski definition) is 2. The van der Waals surface area contributed by atoms with Gasteiger partial charge in [-0.1, -0.05) is 29.8 Å². The van der Waals surface area contributed by atoms with Crippen molar-refractivity contribution in [2.24, 2.45) is 0 Å². The van der Waals surface area contributed by atoms with Gasteiger partial charge in [-0.2, -0.15) is 0 Å². The Balaban J connectivity index is 2.10. The van der Waals surface area contributed by atoms with E-state index in [2.05, 4.69) is 36.2 Å². The van der Waals surface area contributed by atoms with Gasteiger partial charge in [-0.15, -0.1) is 22.9 Å². The number of thiazole rings is 1. The largest absolute Gasteiger partial charge is 0.245 e. The maximum atomic E-state index is 6.35. The maximum absolute atomic E-state index is 6.35. The number of nitrogens with zero attached hydrogens (tertiary/aromatic N) is 1. The van der Waals surface area contributed by atoms with Crippen LogP contribution in [0.1, 0.15) is 27.2 Å². The molecule has 1 nitrogen and oxygen atoms in total. The van der Waals surface area contributed by atoms with E-state index < -0.39 is 0 Å². The Labute approximate surface area is 105 Å². The smallest absolute Gasteiger partial charge is 0.0897 e. The summed E-state index contributed by atoms with van der Waals surface area (Å²) in [7, 11) is 0. The Hall–Kier alpha value is -0.860. The number of aromatic nitrogens is 1. The monoisotopic (exact) mass is 251 g/mol. The number of rotatable bonds is 3. The first-order valence-electron chi connectivity index (χ1n) is 5.27. The van der Waals surface area contributed by atoms with Crippen molar-refractivity contribution < 1.29 is 0 Å². The molecule has 0 aliphatic heterocycles. The molecule has 0 saturated carbocycles. The predicted molar refractivity (Wildman–Crippen MR) is 70.3 cm³/mol. The molecule has 0 aliphatic rings. The first-order chi connectivity index (χ1) is 7.65. The zero-order chi connectivity index (χ0) is 11.5. The number of alkyl halides is 1. The number of halogens is 1. The minimum atomic E-state index is -0.0215. The molecule has 84 valence electrons. The van der Waals surface area contributed by atoms with Crippen LogP contribution in [0.3, 0.4) is 0 Å². The Morgan fingerprint density at radius 2 is 2.19 bits per heavy atom. The van der Waals surface area contributed by atoms with Crippen molar-refractivity contribution >= 4 is 22.9 Å². The van der Waals surface area contributed by atoms with Gasteiger partial charge in [-0.3, -0.25) is 0 Å². The van der Waals surface area contributed by atoms with Gasteiger partial charge in [0.1, 0.15) is 0 Å². The van der Waals surface area contributed by atoms with Crippen molar-refractivity contribution in [2.45, 2.75) is 25.6 Å². The molecule has 0 saturated heterocycles. The quantitative estimate of drug-likeness (QED) is 0.742. The van der Waals surface area contributed by atoms with Crippen LogP contribution in [0.5, 0.6) is 0 Å². The Kier molecular flexibility index (Phi) is 3.62. The Morgan fingerprint density at radius 3 is 2.81 bits per heavy atom. The molecule has 0 fully saturated rings. The van der Waals surface area contributed by atoms with Crippen LogP contribution in [-0.2, 0) is 6.42 Å². The molecule has 2 rings (SSSR count). The fourth-order valence-corrected chi connectivity index (χ4v) is 2.71. The third-order valence-corrected chi connectivity index (χ3v) is 3.62. The molecule has 1 unspecified atom stereocenters. The molecule has 0 N–H and O–H groups in total. The molecule has 0 radical (unpaired) electrons. The first kappa shape index (κ1) is 11.6. The molecular weight excluding hydrogens is 238 g/mol. The van der Waals surface area contributed by atoms with Crippen molar-refractivity contribution in [1.82, 2.24) is 4.98 Å². The lowest BCUT2D eigenvalue weighted by Crippen LogP contribution is -1.96. The average Bonchev–Trinajstić information content (AvgIpc) is 2.65. The summed E-state index contributed by atoms with van der Waals surface area (Å²) in [6.45, 7) is 4.10. The van der Waals surface area contributed by atoms with Crippen molar-refractivity contribution in [1.29, 1.82) is 0 Å². The second-order valence-electron chi connectivity index (χ2n) is 3.95. The fourth-order valence-electron chi connectivity index (χ4n) is 1.67. The summed E-state index contributed by atoms with van der Waals surface area (Å²) in [5, 5.41) is 3.10. The molecule has 1 aromatic heterocycles. The molecule has 0 bridgehead atoms. The average molecular weight is 252 g/mol. The Bertz CT molecular complexity index is 478. The minimum Gasteiger partial charge on any atom is -0.245 e. The van der Waals surface area contributed by atoms with Crippen molar-refractivity contribution in [3.63, 3.8) is 0 Å². The van der Waals surface area contributed by atoms with E-state index in [1.165, 1.54) is 11.1 Å². The molecule has 0 aliphatic carbocycles. The Morgan fingerprint density at radius 1 is 1.38 bits per heavy atom. The normalized spacial score (nSPS) is 12.7. The fraction of sp³-hybridized carbons (Fsp3) is 0.308. The summed E-state index contributed by atoms with van der Waals surface area (Å²) in [6, 6.07) is 8.45. The molecular formula is C13H14ClNS. The van der Waals surface area contributed by atoms with Crippen molar-refractivity contribution in [2.75, 3.05) is 0 Å². The van der Waals surface area contributed by atoms with E-state index in [4.69, 9.17) is 11.6 Å². The van der Waals surface area contributed by atoms with Gasteiger partial charge in [0.25, 0.3) is 0 Å². The molecule has 1 aromatic carbocycles. The van der Waals surface area contributed by atoms with Crippen LogP contribution in [0.2, 0.25) is 0 Å². The van der Waals surface area contributed by atoms with Crippen molar-refractivity contribution in [3.8, 4) is 0 Å². The summed E-state index contributed by atoms with van der Waals surface area (Å²) >= 11 is 8.00. The second-order valence-corrected chi connectivity index (χ2v) is 5.54. The zero-order valence-corrected chi connectivity index (χ0v) is 11.0. The third-order valence-electron chi connectivity index (χ3n) is 2.46. The number of benzene rings is 1. The van der Waals surface area contributed by atoms with Crippen LogP contribution in [0, 0.1) is 13.8 Å². The lowest BCUT2D eigenvalue weighted by atomic mass is 10.1. The van der Waals surface area contributed by atoms with Crippen LogP contribution >= 0.6 is 22.9 Å². The third kappa shape index (κ3) is 2.83. The summed E-state index contributed by atoms with van der Waals surface area (Å²) in [6.07, 6.45) is 0.840. The SMILES string of the molecule is Cc1cccc(CC(Cl)c2csc(C)n2)c1. The molecule has 0 spiro atoms. The topological polar surface area (TPSA) is 12.9 Å². The first-order valence-corrected chi connectivity index (χ1v) is 6.58. The molecule has 2 aromatic rings. The maximum Gasteiger partial charge on any atom is 0.0897 e. The van der Waals surface area contributed by atoms with Gasteiger partial charge in [0, 0.05) is 5.38 Å². The van der Waals surface area contributed by atoms with E-state index in [1.807, 2.05) is 12.3 Å². The lowest BCUT2D eigenvalue weighted by molar-refractivity contribution is 0.882. The van der Waals surface area contributed by atoms with E-state index in [1.54, 1.807) is 11.3 Å². The van der Waals surface area contributed by atoms with Gasteiger partial charge < -0.3 is 0 Å². The number of aryl methyl sites for hydroxylation is 2. The molecule has 3 heteroatoms. The lowest BCUT2D eigenvalue weighted by Gasteiger charge is -2.07. The highest BCUT2D eigenvalue weighted by molar-refractivity contribution is 7.09. The summed E-state index contributed by atoms with van der Waals surface area (Å²) in [5.41, 5.74) is 3.53. The number of hydrogen-bond donors (Lipinski definition) is 0. The van der Waals surface area contributed by atoms with E-state index in [-0.39, 0.29) is 5.38 Å². The van der Waals surface area contributed by atoms with Crippen molar-refractivity contribution in [3.05, 3.63) is 51.5 Å². The van der Waals surface area contributed by atoms with Gasteiger partial charge >= 0.3 is 0 Å². The minimum absolute atomic E-state index is 0.0215. The van der Waals surface area contributed by atoms with E-state index in [9.17, 15) is 0 Å². The second kappa shape index (κ2) is 4.98. The summed E-state index contributed by atoms with van der Waals surface area (Å²) < 4.78 is 0. The predicted octanol–water partition coefficient (Wildman–Crippen LogP) is 4.28.